The summed E-state index contributed by atoms with van der Waals surface area (Å²) >= 11 is 5.92. The maximum Gasteiger partial charge on any atom is 0.155 e. The minimum Gasteiger partial charge on any atom is -0.364 e. The second kappa shape index (κ2) is 4.94. The van der Waals surface area contributed by atoms with Crippen molar-refractivity contribution in [2.45, 2.75) is 27.3 Å². The third kappa shape index (κ3) is 2.31. The Morgan fingerprint density at radius 1 is 1.22 bits per heavy atom. The molecule has 5 nitrogen and oxygen atoms in total. The van der Waals surface area contributed by atoms with Crippen molar-refractivity contribution < 1.29 is 0 Å². The van der Waals surface area contributed by atoms with Gasteiger partial charge >= 0.3 is 0 Å². The molecule has 2 rings (SSSR count). The molecule has 0 aliphatic rings. The van der Waals surface area contributed by atoms with E-state index >= 15 is 0 Å². The summed E-state index contributed by atoms with van der Waals surface area (Å²) < 4.78 is 1.85. The fourth-order valence-corrected chi connectivity index (χ4v) is 1.82. The normalized spacial score (nSPS) is 10.7. The van der Waals surface area contributed by atoms with Gasteiger partial charge in [0.25, 0.3) is 0 Å². The van der Waals surface area contributed by atoms with Gasteiger partial charge in [-0.3, -0.25) is 4.68 Å². The van der Waals surface area contributed by atoms with E-state index in [1.165, 1.54) is 0 Å². The topological polar surface area (TPSA) is 55.6 Å². The molecule has 2 aromatic rings. The number of anilines is 1. The van der Waals surface area contributed by atoms with Gasteiger partial charge in [0.15, 0.2) is 11.0 Å². The molecule has 0 amide bonds. The van der Waals surface area contributed by atoms with E-state index < -0.39 is 0 Å². The highest BCUT2D eigenvalue weighted by atomic mass is 35.5. The van der Waals surface area contributed by atoms with Crippen LogP contribution >= 0.6 is 11.6 Å². The number of aromatic nitrogens is 4. The molecule has 18 heavy (non-hydrogen) atoms. The molecule has 6 heteroatoms. The lowest BCUT2D eigenvalue weighted by atomic mass is 10.2. The number of hydrogen-bond donors (Lipinski definition) is 1. The molecular weight excluding hydrogens is 250 g/mol. The van der Waals surface area contributed by atoms with Gasteiger partial charge in [-0.1, -0.05) is 11.6 Å². The average Bonchev–Trinajstić information content (AvgIpc) is 2.67. The predicted molar refractivity (Wildman–Crippen MR) is 71.8 cm³/mol. The predicted octanol–water partition coefficient (Wildman–Crippen LogP) is 2.40. The van der Waals surface area contributed by atoms with Crippen LogP contribution in [0, 0.1) is 20.8 Å². The van der Waals surface area contributed by atoms with Crippen molar-refractivity contribution in [3.8, 4) is 0 Å². The van der Waals surface area contributed by atoms with Crippen molar-refractivity contribution in [2.24, 2.45) is 7.05 Å². The molecule has 0 unspecified atom stereocenters. The molecule has 0 aliphatic carbocycles. The lowest BCUT2D eigenvalue weighted by Crippen LogP contribution is -2.06. The Bertz CT molecular complexity index is 576. The van der Waals surface area contributed by atoms with Crippen LogP contribution in [0.2, 0.25) is 5.15 Å². The van der Waals surface area contributed by atoms with Crippen molar-refractivity contribution in [1.29, 1.82) is 0 Å². The van der Waals surface area contributed by atoms with Crippen molar-refractivity contribution in [3.63, 3.8) is 0 Å². The van der Waals surface area contributed by atoms with Gasteiger partial charge in [-0.15, -0.1) is 10.2 Å². The van der Waals surface area contributed by atoms with E-state index in [1.54, 1.807) is 0 Å². The summed E-state index contributed by atoms with van der Waals surface area (Å²) in [7, 11) is 1.93. The second-order valence-electron chi connectivity index (χ2n) is 4.32. The monoisotopic (exact) mass is 265 g/mol. The summed E-state index contributed by atoms with van der Waals surface area (Å²) in [5, 5.41) is 15.9. The van der Waals surface area contributed by atoms with Gasteiger partial charge in [0.1, 0.15) is 0 Å². The fraction of sp³-hybridized carbons (Fsp3) is 0.417. The maximum atomic E-state index is 5.92. The zero-order valence-corrected chi connectivity index (χ0v) is 11.7. The van der Waals surface area contributed by atoms with Crippen LogP contribution in [0.4, 0.5) is 5.82 Å². The highest BCUT2D eigenvalue weighted by molar-refractivity contribution is 6.30. The Morgan fingerprint density at radius 2 is 1.94 bits per heavy atom. The van der Waals surface area contributed by atoms with E-state index in [-0.39, 0.29) is 0 Å². The van der Waals surface area contributed by atoms with E-state index in [0.717, 1.165) is 28.2 Å². The van der Waals surface area contributed by atoms with Gasteiger partial charge in [-0.25, -0.2) is 0 Å². The van der Waals surface area contributed by atoms with Gasteiger partial charge in [-0.2, -0.15) is 5.10 Å². The van der Waals surface area contributed by atoms with Gasteiger partial charge in [0.2, 0.25) is 0 Å². The summed E-state index contributed by atoms with van der Waals surface area (Å²) in [5.41, 5.74) is 4.26. The smallest absolute Gasteiger partial charge is 0.155 e. The second-order valence-corrected chi connectivity index (χ2v) is 4.68. The summed E-state index contributed by atoms with van der Waals surface area (Å²) in [6.07, 6.45) is 1.86. The van der Waals surface area contributed by atoms with Gasteiger partial charge in [0.05, 0.1) is 6.20 Å². The van der Waals surface area contributed by atoms with E-state index in [0.29, 0.717) is 11.7 Å². The highest BCUT2D eigenvalue weighted by Crippen LogP contribution is 2.21. The number of nitrogens with one attached hydrogen (secondary N) is 1. The van der Waals surface area contributed by atoms with Gasteiger partial charge in [-0.05, 0) is 31.9 Å². The van der Waals surface area contributed by atoms with Crippen LogP contribution in [0.3, 0.4) is 0 Å². The van der Waals surface area contributed by atoms with Crippen molar-refractivity contribution >= 4 is 17.4 Å². The molecule has 2 heterocycles. The SMILES string of the molecule is Cc1c(Cl)nnc(NCc2cnn(C)c2C)c1C. The average molecular weight is 266 g/mol. The summed E-state index contributed by atoms with van der Waals surface area (Å²) in [4.78, 5) is 0. The number of rotatable bonds is 3. The Hall–Kier alpha value is -1.62. The molecule has 0 spiro atoms. The van der Waals surface area contributed by atoms with Crippen LogP contribution in [0.5, 0.6) is 0 Å². The van der Waals surface area contributed by atoms with Crippen molar-refractivity contribution in [2.75, 3.05) is 5.32 Å². The Labute approximate surface area is 111 Å². The molecule has 0 aromatic carbocycles. The quantitative estimate of drug-likeness (QED) is 0.926. The Morgan fingerprint density at radius 3 is 2.56 bits per heavy atom. The fourth-order valence-electron chi connectivity index (χ4n) is 1.64. The van der Waals surface area contributed by atoms with E-state index in [9.17, 15) is 0 Å². The summed E-state index contributed by atoms with van der Waals surface area (Å²) in [6.45, 7) is 6.63. The Balaban J connectivity index is 2.16. The first-order chi connectivity index (χ1) is 8.50. The third-order valence-corrected chi connectivity index (χ3v) is 3.61. The molecule has 0 aliphatic heterocycles. The number of aryl methyl sites for hydroxylation is 1. The van der Waals surface area contributed by atoms with Crippen LogP contribution in [0.1, 0.15) is 22.4 Å². The summed E-state index contributed by atoms with van der Waals surface area (Å²) in [6, 6.07) is 0. The molecule has 0 radical (unpaired) electrons. The number of nitrogens with zero attached hydrogens (tertiary/aromatic N) is 4. The van der Waals surface area contributed by atoms with Crippen LogP contribution in [0.25, 0.3) is 0 Å². The zero-order chi connectivity index (χ0) is 13.3. The molecule has 0 atom stereocenters. The molecular formula is C12H16ClN5. The van der Waals surface area contributed by atoms with Crippen LogP contribution in [-0.2, 0) is 13.6 Å². The van der Waals surface area contributed by atoms with E-state index in [1.807, 2.05) is 38.7 Å². The Kier molecular flexibility index (Phi) is 3.52. The van der Waals surface area contributed by atoms with Crippen molar-refractivity contribution in [3.05, 3.63) is 33.7 Å². The lowest BCUT2D eigenvalue weighted by molar-refractivity contribution is 0.738. The maximum absolute atomic E-state index is 5.92. The molecule has 0 fully saturated rings. The van der Waals surface area contributed by atoms with Crippen LogP contribution in [-0.4, -0.2) is 20.0 Å². The molecule has 2 aromatic heterocycles. The largest absolute Gasteiger partial charge is 0.364 e. The molecule has 1 N–H and O–H groups in total. The first-order valence-electron chi connectivity index (χ1n) is 5.71. The standard InChI is InChI=1S/C12H16ClN5/c1-7-8(2)12(17-16-11(7)13)14-5-10-6-15-18(4)9(10)3/h6H,5H2,1-4H3,(H,14,17). The third-order valence-electron chi connectivity index (χ3n) is 3.25. The molecule has 0 saturated heterocycles. The first kappa shape index (κ1) is 12.8. The van der Waals surface area contributed by atoms with Crippen molar-refractivity contribution in [1.82, 2.24) is 20.0 Å². The molecule has 0 bridgehead atoms. The van der Waals surface area contributed by atoms with Crippen LogP contribution < -0.4 is 5.32 Å². The number of halogens is 1. The molecule has 0 saturated carbocycles. The minimum atomic E-state index is 0.454. The highest BCUT2D eigenvalue weighted by Gasteiger charge is 2.09. The molecule has 96 valence electrons. The number of hydrogen-bond acceptors (Lipinski definition) is 4. The zero-order valence-electron chi connectivity index (χ0n) is 11.0. The van der Waals surface area contributed by atoms with Gasteiger partial charge in [0, 0.05) is 24.8 Å². The first-order valence-corrected chi connectivity index (χ1v) is 6.09. The van der Waals surface area contributed by atoms with E-state index in [4.69, 9.17) is 11.6 Å². The van der Waals surface area contributed by atoms with E-state index in [2.05, 4.69) is 20.6 Å². The van der Waals surface area contributed by atoms with Crippen LogP contribution in [0.15, 0.2) is 6.20 Å². The minimum absolute atomic E-state index is 0.454. The van der Waals surface area contributed by atoms with Gasteiger partial charge < -0.3 is 5.32 Å². The summed E-state index contributed by atoms with van der Waals surface area (Å²) in [5.74, 6) is 0.764. The lowest BCUT2D eigenvalue weighted by Gasteiger charge is -2.10.